The molecule has 1 saturated heterocycles. The second kappa shape index (κ2) is 5.54. The predicted molar refractivity (Wildman–Crippen MR) is 64.6 cm³/mol. The molecule has 0 spiro atoms. The molecule has 1 atom stereocenters. The van der Waals surface area contributed by atoms with Crippen LogP contribution in [0.5, 0.6) is 0 Å². The van der Waals surface area contributed by atoms with Gasteiger partial charge in [0.05, 0.1) is 11.6 Å². The third-order valence-corrected chi connectivity index (χ3v) is 3.28. The summed E-state index contributed by atoms with van der Waals surface area (Å²) in [6.45, 7) is 4.93. The number of hydrogen-bond acceptors (Lipinski definition) is 3. The molecule has 0 radical (unpaired) electrons. The summed E-state index contributed by atoms with van der Waals surface area (Å²) in [7, 11) is 0. The van der Waals surface area contributed by atoms with E-state index in [2.05, 4.69) is 5.32 Å². The Morgan fingerprint density at radius 1 is 1.33 bits per heavy atom. The molecule has 0 bridgehead atoms. The predicted octanol–water partition coefficient (Wildman–Crippen LogP) is 1.44. The van der Waals surface area contributed by atoms with Gasteiger partial charge < -0.3 is 5.32 Å². The molecule has 5 heteroatoms. The van der Waals surface area contributed by atoms with Crippen LogP contribution in [0.4, 0.5) is 8.78 Å². The Balaban J connectivity index is 2.14. The van der Waals surface area contributed by atoms with E-state index < -0.39 is 11.6 Å². The lowest BCUT2D eigenvalue weighted by molar-refractivity contribution is 0.0816. The molecule has 1 aromatic carbocycles. The number of benzene rings is 1. The lowest BCUT2D eigenvalue weighted by Gasteiger charge is -2.31. The Morgan fingerprint density at radius 2 is 2.00 bits per heavy atom. The van der Waals surface area contributed by atoms with Gasteiger partial charge in [0.1, 0.15) is 11.6 Å². The SMILES string of the molecule is CC(C(=O)c1ccc(F)cc1F)N1CCNCC1. The van der Waals surface area contributed by atoms with E-state index in [1.807, 2.05) is 4.90 Å². The van der Waals surface area contributed by atoms with Gasteiger partial charge in [-0.3, -0.25) is 9.69 Å². The number of nitrogens with one attached hydrogen (secondary N) is 1. The molecule has 98 valence electrons. The summed E-state index contributed by atoms with van der Waals surface area (Å²) in [5.41, 5.74) is -0.0394. The van der Waals surface area contributed by atoms with E-state index in [-0.39, 0.29) is 17.4 Å². The second-order valence-electron chi connectivity index (χ2n) is 4.45. The minimum absolute atomic E-state index is 0.0394. The van der Waals surface area contributed by atoms with Crippen molar-refractivity contribution in [3.05, 3.63) is 35.4 Å². The maximum absolute atomic E-state index is 13.5. The molecular weight excluding hydrogens is 238 g/mol. The van der Waals surface area contributed by atoms with Crippen molar-refractivity contribution in [3.63, 3.8) is 0 Å². The summed E-state index contributed by atoms with van der Waals surface area (Å²) in [5, 5.41) is 3.19. The van der Waals surface area contributed by atoms with Gasteiger partial charge in [-0.2, -0.15) is 0 Å². The third-order valence-electron chi connectivity index (χ3n) is 3.28. The zero-order chi connectivity index (χ0) is 13.1. The standard InChI is InChI=1S/C13H16F2N2O/c1-9(17-6-4-16-5-7-17)13(18)11-3-2-10(14)8-12(11)15/h2-3,8-9,16H,4-7H2,1H3. The normalized spacial score (nSPS) is 18.6. The minimum Gasteiger partial charge on any atom is -0.314 e. The van der Waals surface area contributed by atoms with Crippen molar-refractivity contribution in [2.24, 2.45) is 0 Å². The van der Waals surface area contributed by atoms with Crippen LogP contribution in [0.15, 0.2) is 18.2 Å². The van der Waals surface area contributed by atoms with E-state index in [1.165, 1.54) is 6.07 Å². The first-order chi connectivity index (χ1) is 8.59. The van der Waals surface area contributed by atoms with Crippen molar-refractivity contribution in [3.8, 4) is 0 Å². The zero-order valence-electron chi connectivity index (χ0n) is 10.2. The molecule has 1 heterocycles. The maximum atomic E-state index is 13.5. The van der Waals surface area contributed by atoms with E-state index in [0.717, 1.165) is 38.3 Å². The molecule has 2 rings (SSSR count). The number of Topliss-reactive ketones (excluding diaryl/α,β-unsaturated/α-hetero) is 1. The lowest BCUT2D eigenvalue weighted by atomic mass is 10.0. The van der Waals surface area contributed by atoms with Crippen LogP contribution < -0.4 is 5.32 Å². The van der Waals surface area contributed by atoms with Crippen molar-refractivity contribution in [1.29, 1.82) is 0 Å². The average molecular weight is 254 g/mol. The molecule has 1 fully saturated rings. The van der Waals surface area contributed by atoms with Gasteiger partial charge in [-0.1, -0.05) is 0 Å². The molecular formula is C13H16F2N2O. The van der Waals surface area contributed by atoms with E-state index in [9.17, 15) is 13.6 Å². The molecule has 1 aromatic rings. The maximum Gasteiger partial charge on any atom is 0.182 e. The number of piperazine rings is 1. The Bertz CT molecular complexity index is 445. The van der Waals surface area contributed by atoms with Gasteiger partial charge in [-0.15, -0.1) is 0 Å². The first kappa shape index (κ1) is 13.1. The molecule has 0 aliphatic carbocycles. The largest absolute Gasteiger partial charge is 0.314 e. The molecule has 1 aliphatic rings. The highest BCUT2D eigenvalue weighted by Crippen LogP contribution is 2.14. The molecule has 18 heavy (non-hydrogen) atoms. The van der Waals surface area contributed by atoms with Gasteiger partial charge >= 0.3 is 0 Å². The van der Waals surface area contributed by atoms with Crippen molar-refractivity contribution >= 4 is 5.78 Å². The lowest BCUT2D eigenvalue weighted by Crippen LogP contribution is -2.50. The quantitative estimate of drug-likeness (QED) is 0.828. The Kier molecular flexibility index (Phi) is 4.04. The van der Waals surface area contributed by atoms with Gasteiger partial charge in [-0.05, 0) is 19.1 Å². The monoisotopic (exact) mass is 254 g/mol. The van der Waals surface area contributed by atoms with Crippen LogP contribution in [0.1, 0.15) is 17.3 Å². The van der Waals surface area contributed by atoms with E-state index in [4.69, 9.17) is 0 Å². The highest BCUT2D eigenvalue weighted by atomic mass is 19.1. The summed E-state index contributed by atoms with van der Waals surface area (Å²) in [5.74, 6) is -1.75. The van der Waals surface area contributed by atoms with E-state index in [1.54, 1.807) is 6.92 Å². The Hall–Kier alpha value is -1.33. The van der Waals surface area contributed by atoms with E-state index >= 15 is 0 Å². The van der Waals surface area contributed by atoms with Crippen LogP contribution in [0.25, 0.3) is 0 Å². The molecule has 1 unspecified atom stereocenters. The first-order valence-corrected chi connectivity index (χ1v) is 6.03. The summed E-state index contributed by atoms with van der Waals surface area (Å²) in [6, 6.07) is 2.69. The topological polar surface area (TPSA) is 32.3 Å². The zero-order valence-corrected chi connectivity index (χ0v) is 10.2. The van der Waals surface area contributed by atoms with E-state index in [0.29, 0.717) is 0 Å². The molecule has 0 amide bonds. The summed E-state index contributed by atoms with van der Waals surface area (Å²) in [4.78, 5) is 14.2. The van der Waals surface area contributed by atoms with Crippen LogP contribution >= 0.6 is 0 Å². The van der Waals surface area contributed by atoms with Crippen molar-refractivity contribution in [2.45, 2.75) is 13.0 Å². The van der Waals surface area contributed by atoms with Crippen LogP contribution in [0.2, 0.25) is 0 Å². The fourth-order valence-electron chi connectivity index (χ4n) is 2.15. The third kappa shape index (κ3) is 2.73. The summed E-state index contributed by atoms with van der Waals surface area (Å²) in [6.07, 6.45) is 0. The van der Waals surface area contributed by atoms with Gasteiger partial charge in [0.25, 0.3) is 0 Å². The highest BCUT2D eigenvalue weighted by molar-refractivity contribution is 6.00. The van der Waals surface area contributed by atoms with Gasteiger partial charge in [0, 0.05) is 32.2 Å². The van der Waals surface area contributed by atoms with Crippen molar-refractivity contribution in [2.75, 3.05) is 26.2 Å². The summed E-state index contributed by atoms with van der Waals surface area (Å²) < 4.78 is 26.3. The number of halogens is 2. The number of nitrogens with zero attached hydrogens (tertiary/aromatic N) is 1. The number of ketones is 1. The van der Waals surface area contributed by atoms with Crippen LogP contribution in [-0.4, -0.2) is 42.9 Å². The number of carbonyl (C=O) groups excluding carboxylic acids is 1. The fourth-order valence-corrected chi connectivity index (χ4v) is 2.15. The van der Waals surface area contributed by atoms with Crippen molar-refractivity contribution in [1.82, 2.24) is 10.2 Å². The minimum atomic E-state index is -0.790. The average Bonchev–Trinajstić information content (AvgIpc) is 2.38. The van der Waals surface area contributed by atoms with Crippen molar-refractivity contribution < 1.29 is 13.6 Å². The Morgan fingerprint density at radius 3 is 2.61 bits per heavy atom. The van der Waals surface area contributed by atoms with Gasteiger partial charge in [0.2, 0.25) is 0 Å². The van der Waals surface area contributed by atoms with Crippen LogP contribution in [0, 0.1) is 11.6 Å². The number of rotatable bonds is 3. The van der Waals surface area contributed by atoms with Crippen LogP contribution in [-0.2, 0) is 0 Å². The van der Waals surface area contributed by atoms with Crippen LogP contribution in [0.3, 0.4) is 0 Å². The first-order valence-electron chi connectivity index (χ1n) is 6.03. The highest BCUT2D eigenvalue weighted by Gasteiger charge is 2.25. The van der Waals surface area contributed by atoms with Gasteiger partial charge in [0.15, 0.2) is 5.78 Å². The molecule has 0 saturated carbocycles. The second-order valence-corrected chi connectivity index (χ2v) is 4.45. The fraction of sp³-hybridized carbons (Fsp3) is 0.462. The number of hydrogen-bond donors (Lipinski definition) is 1. The smallest absolute Gasteiger partial charge is 0.182 e. The van der Waals surface area contributed by atoms with Gasteiger partial charge in [-0.25, -0.2) is 8.78 Å². The molecule has 3 nitrogen and oxygen atoms in total. The summed E-state index contributed by atoms with van der Waals surface area (Å²) >= 11 is 0. The molecule has 0 aromatic heterocycles. The molecule has 1 N–H and O–H groups in total. The Labute approximate surface area is 105 Å². The molecule has 1 aliphatic heterocycles. The number of carbonyl (C=O) groups is 1.